The Hall–Kier alpha value is -0.730. The second kappa shape index (κ2) is 2.63. The van der Waals surface area contributed by atoms with Gasteiger partial charge >= 0.3 is 6.03 Å². The molecule has 3 rings (SSSR count). The zero-order valence-corrected chi connectivity index (χ0v) is 7.83. The molecule has 2 saturated carbocycles. The van der Waals surface area contributed by atoms with Crippen LogP contribution >= 0.6 is 0 Å². The molecule has 1 aliphatic heterocycles. The molecule has 3 fully saturated rings. The number of amides is 2. The van der Waals surface area contributed by atoms with Gasteiger partial charge in [-0.1, -0.05) is 0 Å². The largest absolute Gasteiger partial charge is 0.333 e. The number of hydrogen-bond acceptors (Lipinski definition) is 1. The molecule has 1 unspecified atom stereocenters. The lowest BCUT2D eigenvalue weighted by molar-refractivity contribution is 0.215. The van der Waals surface area contributed by atoms with Crippen LogP contribution in [0.15, 0.2) is 0 Å². The van der Waals surface area contributed by atoms with Crippen LogP contribution in [0.1, 0.15) is 25.7 Å². The van der Waals surface area contributed by atoms with Gasteiger partial charge in [-0.15, -0.1) is 0 Å². The topological polar surface area (TPSA) is 32.3 Å². The summed E-state index contributed by atoms with van der Waals surface area (Å²) in [6, 6.07) is 0.662. The summed E-state index contributed by atoms with van der Waals surface area (Å²) < 4.78 is 0. The molecule has 1 saturated heterocycles. The maximum absolute atomic E-state index is 11.5. The molecule has 1 atom stereocenters. The van der Waals surface area contributed by atoms with E-state index in [0.717, 1.165) is 24.9 Å². The molecule has 0 radical (unpaired) electrons. The van der Waals surface area contributed by atoms with Gasteiger partial charge < -0.3 is 10.2 Å². The summed E-state index contributed by atoms with van der Waals surface area (Å²) in [5.41, 5.74) is 0. The third-order valence-electron chi connectivity index (χ3n) is 3.38. The summed E-state index contributed by atoms with van der Waals surface area (Å²) in [5, 5.41) is 3.09. The highest BCUT2D eigenvalue weighted by Crippen LogP contribution is 2.36. The van der Waals surface area contributed by atoms with E-state index >= 15 is 0 Å². The van der Waals surface area contributed by atoms with E-state index in [0.29, 0.717) is 6.04 Å². The molecule has 0 aromatic rings. The van der Waals surface area contributed by atoms with Crippen molar-refractivity contribution in [3.8, 4) is 0 Å². The van der Waals surface area contributed by atoms with Crippen molar-refractivity contribution in [2.75, 3.05) is 13.1 Å². The molecule has 1 heterocycles. The lowest BCUT2D eigenvalue weighted by Gasteiger charge is -2.13. The molecule has 0 aromatic carbocycles. The third kappa shape index (κ3) is 1.52. The van der Waals surface area contributed by atoms with Gasteiger partial charge in [0.25, 0.3) is 0 Å². The first-order valence-corrected chi connectivity index (χ1v) is 5.38. The number of carbonyl (C=O) groups is 1. The first kappa shape index (κ1) is 7.65. The van der Waals surface area contributed by atoms with Crippen molar-refractivity contribution < 1.29 is 4.79 Å². The molecule has 2 amide bonds. The van der Waals surface area contributed by atoms with Crippen LogP contribution in [0, 0.1) is 11.8 Å². The fourth-order valence-electron chi connectivity index (χ4n) is 2.15. The highest BCUT2D eigenvalue weighted by atomic mass is 16.2. The summed E-state index contributed by atoms with van der Waals surface area (Å²) in [4.78, 5) is 13.5. The second-order valence-corrected chi connectivity index (χ2v) is 4.74. The van der Waals surface area contributed by atoms with E-state index in [-0.39, 0.29) is 6.03 Å². The highest BCUT2D eigenvalue weighted by molar-refractivity contribution is 5.77. The van der Waals surface area contributed by atoms with Crippen LogP contribution in [0.4, 0.5) is 4.79 Å². The van der Waals surface area contributed by atoms with Crippen molar-refractivity contribution in [2.45, 2.75) is 31.7 Å². The highest BCUT2D eigenvalue weighted by Gasteiger charge is 2.40. The van der Waals surface area contributed by atoms with Crippen LogP contribution < -0.4 is 5.32 Å². The van der Waals surface area contributed by atoms with Gasteiger partial charge in [-0.05, 0) is 37.5 Å². The Morgan fingerprint density at radius 3 is 2.69 bits per heavy atom. The number of hydrogen-bond donors (Lipinski definition) is 1. The van der Waals surface area contributed by atoms with Crippen LogP contribution in [0.25, 0.3) is 0 Å². The average molecular weight is 180 g/mol. The molecule has 3 heteroatoms. The van der Waals surface area contributed by atoms with Crippen molar-refractivity contribution in [1.82, 2.24) is 10.2 Å². The molecular weight excluding hydrogens is 164 g/mol. The van der Waals surface area contributed by atoms with Gasteiger partial charge in [-0.2, -0.15) is 0 Å². The molecule has 0 aromatic heterocycles. The lowest BCUT2D eigenvalue weighted by atomic mass is 10.2. The van der Waals surface area contributed by atoms with Gasteiger partial charge in [-0.3, -0.25) is 0 Å². The van der Waals surface area contributed by atoms with Gasteiger partial charge in [0.1, 0.15) is 0 Å². The van der Waals surface area contributed by atoms with Crippen LogP contribution in [0.2, 0.25) is 0 Å². The zero-order chi connectivity index (χ0) is 8.84. The minimum Gasteiger partial charge on any atom is -0.333 e. The number of nitrogens with zero attached hydrogens (tertiary/aromatic N) is 1. The monoisotopic (exact) mass is 180 g/mol. The predicted molar refractivity (Wildman–Crippen MR) is 49.3 cm³/mol. The van der Waals surface area contributed by atoms with Crippen molar-refractivity contribution in [1.29, 1.82) is 0 Å². The van der Waals surface area contributed by atoms with Gasteiger partial charge in [-0.25, -0.2) is 4.79 Å². The van der Waals surface area contributed by atoms with Gasteiger partial charge in [0.2, 0.25) is 0 Å². The third-order valence-corrected chi connectivity index (χ3v) is 3.38. The molecule has 3 nitrogen and oxygen atoms in total. The van der Waals surface area contributed by atoms with Gasteiger partial charge in [0, 0.05) is 13.1 Å². The molecule has 13 heavy (non-hydrogen) atoms. The maximum atomic E-state index is 11.5. The Balaban J connectivity index is 1.58. The number of nitrogens with one attached hydrogen (secondary N) is 1. The standard InChI is InChI=1S/C10H16N2O/c13-10-11-9(8-3-4-8)6-12(10)5-7-1-2-7/h7-9H,1-6H2,(H,11,13). The maximum Gasteiger partial charge on any atom is 0.317 e. The van der Waals surface area contributed by atoms with E-state index in [4.69, 9.17) is 0 Å². The molecule has 0 bridgehead atoms. The molecule has 72 valence electrons. The molecule has 3 aliphatic rings. The second-order valence-electron chi connectivity index (χ2n) is 4.74. The van der Waals surface area contributed by atoms with Crippen molar-refractivity contribution in [3.63, 3.8) is 0 Å². The summed E-state index contributed by atoms with van der Waals surface area (Å²) in [6.07, 6.45) is 5.31. The fourth-order valence-corrected chi connectivity index (χ4v) is 2.15. The predicted octanol–water partition coefficient (Wildman–Crippen LogP) is 1.20. The lowest BCUT2D eigenvalue weighted by Crippen LogP contribution is -2.30. The van der Waals surface area contributed by atoms with Crippen molar-refractivity contribution >= 4 is 6.03 Å². The smallest absolute Gasteiger partial charge is 0.317 e. The van der Waals surface area contributed by atoms with Crippen LogP contribution in [-0.2, 0) is 0 Å². The SMILES string of the molecule is O=C1NC(C2CC2)CN1CC1CC1. The van der Waals surface area contributed by atoms with E-state index in [1.165, 1.54) is 25.7 Å². The van der Waals surface area contributed by atoms with Crippen LogP contribution in [0.3, 0.4) is 0 Å². The Kier molecular flexibility index (Phi) is 1.55. The summed E-state index contributed by atoms with van der Waals surface area (Å²) in [7, 11) is 0. The van der Waals surface area contributed by atoms with E-state index in [1.54, 1.807) is 0 Å². The fraction of sp³-hybridized carbons (Fsp3) is 0.900. The Morgan fingerprint density at radius 1 is 1.31 bits per heavy atom. The van der Waals surface area contributed by atoms with Crippen LogP contribution in [-0.4, -0.2) is 30.1 Å². The number of urea groups is 1. The summed E-state index contributed by atoms with van der Waals surface area (Å²) in [5.74, 6) is 1.62. The van der Waals surface area contributed by atoms with Gasteiger partial charge in [0.15, 0.2) is 0 Å². The van der Waals surface area contributed by atoms with Crippen molar-refractivity contribution in [2.24, 2.45) is 11.8 Å². The van der Waals surface area contributed by atoms with E-state index in [1.807, 2.05) is 4.90 Å². The van der Waals surface area contributed by atoms with E-state index in [9.17, 15) is 4.79 Å². The normalized spacial score (nSPS) is 33.7. The minimum atomic E-state index is 0.184. The quantitative estimate of drug-likeness (QED) is 0.695. The first-order chi connectivity index (χ1) is 6.33. The van der Waals surface area contributed by atoms with E-state index in [2.05, 4.69) is 5.32 Å². The van der Waals surface area contributed by atoms with Crippen molar-refractivity contribution in [3.05, 3.63) is 0 Å². The Labute approximate surface area is 78.5 Å². The van der Waals surface area contributed by atoms with Gasteiger partial charge in [0.05, 0.1) is 6.04 Å². The molecule has 1 N–H and O–H groups in total. The number of carbonyl (C=O) groups excluding carboxylic acids is 1. The summed E-state index contributed by atoms with van der Waals surface area (Å²) >= 11 is 0. The van der Waals surface area contributed by atoms with E-state index < -0.39 is 0 Å². The molecule has 2 aliphatic carbocycles. The molecule has 0 spiro atoms. The van der Waals surface area contributed by atoms with Crippen LogP contribution in [0.5, 0.6) is 0 Å². The molecular formula is C10H16N2O. The first-order valence-electron chi connectivity index (χ1n) is 5.38. The average Bonchev–Trinajstić information content (AvgIpc) is 2.97. The zero-order valence-electron chi connectivity index (χ0n) is 7.83. The Bertz CT molecular complexity index is 233. The number of rotatable bonds is 3. The minimum absolute atomic E-state index is 0.184. The summed E-state index contributed by atoms with van der Waals surface area (Å²) in [6.45, 7) is 1.98. The Morgan fingerprint density at radius 2 is 2.08 bits per heavy atom.